The van der Waals surface area contributed by atoms with Crippen LogP contribution in [0.4, 0.5) is 0 Å². The Hall–Kier alpha value is -2.35. The van der Waals surface area contributed by atoms with Crippen molar-refractivity contribution in [2.75, 3.05) is 6.61 Å². The number of aliphatic carboxylic acids is 1. The molecule has 7 nitrogen and oxygen atoms in total. The first-order valence-electron chi connectivity index (χ1n) is 6.62. The van der Waals surface area contributed by atoms with Crippen LogP contribution in [-0.4, -0.2) is 40.2 Å². The van der Waals surface area contributed by atoms with E-state index >= 15 is 0 Å². The monoisotopic (exact) mass is 321 g/mol. The van der Waals surface area contributed by atoms with Crippen molar-refractivity contribution < 1.29 is 19.4 Å². The molecule has 8 heteroatoms. The van der Waals surface area contributed by atoms with Crippen LogP contribution in [0.25, 0.3) is 0 Å². The molecule has 1 aromatic carbocycles. The maximum absolute atomic E-state index is 11.5. The van der Waals surface area contributed by atoms with Gasteiger partial charge in [0.2, 0.25) is 5.91 Å². The average molecular weight is 321 g/mol. The molecule has 1 aromatic rings. The molecule has 116 valence electrons. The lowest BCUT2D eigenvalue weighted by Gasteiger charge is -2.04. The van der Waals surface area contributed by atoms with Crippen LogP contribution in [0.2, 0.25) is 0 Å². The van der Waals surface area contributed by atoms with Gasteiger partial charge in [-0.2, -0.15) is 5.10 Å². The number of carboxylic acids is 1. The van der Waals surface area contributed by atoms with Crippen LogP contribution in [0, 0.1) is 0 Å². The zero-order chi connectivity index (χ0) is 15.9. The number of hydrogen-bond donors (Lipinski definition) is 2. The van der Waals surface area contributed by atoms with Crippen molar-refractivity contribution >= 4 is 35.0 Å². The summed E-state index contributed by atoms with van der Waals surface area (Å²) in [6.07, 6.45) is 1.28. The van der Waals surface area contributed by atoms with Gasteiger partial charge in [0.05, 0.1) is 19.2 Å². The smallest absolute Gasteiger partial charge is 0.305 e. The van der Waals surface area contributed by atoms with Crippen molar-refractivity contribution in [2.45, 2.75) is 18.6 Å². The first-order valence-corrected chi connectivity index (χ1v) is 7.50. The molecule has 0 radical (unpaired) electrons. The van der Waals surface area contributed by atoms with Gasteiger partial charge in [-0.1, -0.05) is 23.9 Å². The van der Waals surface area contributed by atoms with Crippen LogP contribution in [0.15, 0.2) is 34.5 Å². The molecule has 1 fully saturated rings. The summed E-state index contributed by atoms with van der Waals surface area (Å²) >= 11 is 1.06. The molecule has 1 unspecified atom stereocenters. The molecule has 1 saturated heterocycles. The van der Waals surface area contributed by atoms with Crippen LogP contribution < -0.4 is 10.1 Å². The highest BCUT2D eigenvalue weighted by molar-refractivity contribution is 8.15. The van der Waals surface area contributed by atoms with Crippen molar-refractivity contribution in [2.24, 2.45) is 10.2 Å². The molecule has 1 heterocycles. The van der Waals surface area contributed by atoms with Gasteiger partial charge >= 0.3 is 5.97 Å². The Bertz CT molecular complexity index is 630. The molecule has 1 atom stereocenters. The number of ether oxygens (including phenoxy) is 1. The minimum absolute atomic E-state index is 0.244. The zero-order valence-corrected chi connectivity index (χ0v) is 12.7. The topological polar surface area (TPSA) is 100 Å². The van der Waals surface area contributed by atoms with Crippen LogP contribution in [-0.2, 0) is 9.59 Å². The summed E-state index contributed by atoms with van der Waals surface area (Å²) in [7, 11) is 0. The summed E-state index contributed by atoms with van der Waals surface area (Å²) in [5.41, 5.74) is 0.769. The number of nitrogens with one attached hydrogen (secondary N) is 1. The largest absolute Gasteiger partial charge is 0.493 e. The zero-order valence-electron chi connectivity index (χ0n) is 11.9. The van der Waals surface area contributed by atoms with Gasteiger partial charge in [0, 0.05) is 5.56 Å². The molecule has 2 rings (SSSR count). The van der Waals surface area contributed by atoms with E-state index in [4.69, 9.17) is 9.84 Å². The van der Waals surface area contributed by atoms with Crippen LogP contribution in [0.5, 0.6) is 5.75 Å². The Morgan fingerprint density at radius 3 is 3.00 bits per heavy atom. The fourth-order valence-electron chi connectivity index (χ4n) is 1.76. The van der Waals surface area contributed by atoms with Gasteiger partial charge in [-0.15, -0.1) is 5.10 Å². The quantitative estimate of drug-likeness (QED) is 0.610. The van der Waals surface area contributed by atoms with Crippen molar-refractivity contribution in [3.8, 4) is 5.75 Å². The van der Waals surface area contributed by atoms with Gasteiger partial charge in [-0.25, -0.2) is 0 Å². The first-order chi connectivity index (χ1) is 10.6. The minimum atomic E-state index is -1.02. The minimum Gasteiger partial charge on any atom is -0.493 e. The standard InChI is InChI=1S/C14H15N3O4S/c1-2-21-10-6-4-3-5-9(10)8-15-17-14-16-13(20)11(22-14)7-12(18)19/h3-6,8,11H,2,7H2,1H3,(H,18,19)(H,16,17,20)/b15-8+. The number of thioether (sulfide) groups is 1. The van der Waals surface area contributed by atoms with E-state index in [2.05, 4.69) is 15.5 Å². The number of amides is 1. The molecule has 1 aliphatic rings. The average Bonchev–Trinajstić information content (AvgIpc) is 2.80. The predicted octanol–water partition coefficient (Wildman–Crippen LogP) is 1.48. The lowest BCUT2D eigenvalue weighted by Crippen LogP contribution is -2.26. The van der Waals surface area contributed by atoms with E-state index < -0.39 is 11.2 Å². The molecule has 1 aliphatic heterocycles. The van der Waals surface area contributed by atoms with E-state index in [-0.39, 0.29) is 12.3 Å². The highest BCUT2D eigenvalue weighted by atomic mass is 32.2. The third kappa shape index (κ3) is 4.32. The fourth-order valence-corrected chi connectivity index (χ4v) is 2.68. The molecular formula is C14H15N3O4S. The molecule has 22 heavy (non-hydrogen) atoms. The van der Waals surface area contributed by atoms with E-state index in [1.165, 1.54) is 6.21 Å². The third-order valence-electron chi connectivity index (χ3n) is 2.70. The van der Waals surface area contributed by atoms with Gasteiger partial charge in [0.15, 0.2) is 5.17 Å². The van der Waals surface area contributed by atoms with E-state index in [9.17, 15) is 9.59 Å². The number of rotatable bonds is 6. The van der Waals surface area contributed by atoms with E-state index in [0.717, 1.165) is 17.3 Å². The summed E-state index contributed by atoms with van der Waals surface area (Å²) in [6.45, 7) is 2.43. The molecule has 0 saturated carbocycles. The number of carboxylic acid groups (broad SMARTS) is 1. The molecule has 0 bridgehead atoms. The van der Waals surface area contributed by atoms with Crippen molar-refractivity contribution in [1.29, 1.82) is 0 Å². The SMILES string of the molecule is CCOc1ccccc1/C=N/N=C1/NC(=O)C(CC(=O)O)S1. The second-order valence-corrected chi connectivity index (χ2v) is 5.51. The van der Waals surface area contributed by atoms with Crippen molar-refractivity contribution in [3.05, 3.63) is 29.8 Å². The Kier molecular flexibility index (Phi) is 5.54. The number of carbonyl (C=O) groups excluding carboxylic acids is 1. The Morgan fingerprint density at radius 1 is 1.50 bits per heavy atom. The van der Waals surface area contributed by atoms with Gasteiger partial charge in [-0.05, 0) is 19.1 Å². The summed E-state index contributed by atoms with van der Waals surface area (Å²) < 4.78 is 5.46. The second kappa shape index (κ2) is 7.60. The number of para-hydroxylation sites is 1. The summed E-state index contributed by atoms with van der Waals surface area (Å²) in [5, 5.41) is 18.6. The molecule has 0 spiro atoms. The highest BCUT2D eigenvalue weighted by Crippen LogP contribution is 2.22. The Morgan fingerprint density at radius 2 is 2.27 bits per heavy atom. The summed E-state index contributed by atoms with van der Waals surface area (Å²) in [5.74, 6) is -0.695. The summed E-state index contributed by atoms with van der Waals surface area (Å²) in [4.78, 5) is 22.2. The summed E-state index contributed by atoms with van der Waals surface area (Å²) in [6, 6.07) is 7.37. The number of carbonyl (C=O) groups is 2. The molecule has 1 amide bonds. The van der Waals surface area contributed by atoms with Gasteiger partial charge < -0.3 is 15.2 Å². The normalized spacial score (nSPS) is 19.6. The fraction of sp³-hybridized carbons (Fsp3) is 0.286. The first kappa shape index (κ1) is 16.0. The van der Waals surface area contributed by atoms with Gasteiger partial charge in [-0.3, -0.25) is 9.59 Å². The number of hydrogen-bond acceptors (Lipinski definition) is 6. The van der Waals surface area contributed by atoms with E-state index in [1.807, 2.05) is 31.2 Å². The maximum Gasteiger partial charge on any atom is 0.305 e. The van der Waals surface area contributed by atoms with Crippen LogP contribution in [0.1, 0.15) is 18.9 Å². The Balaban J connectivity index is 2.03. The van der Waals surface area contributed by atoms with Crippen molar-refractivity contribution in [3.63, 3.8) is 0 Å². The predicted molar refractivity (Wildman–Crippen MR) is 84.4 cm³/mol. The second-order valence-electron chi connectivity index (χ2n) is 4.31. The lowest BCUT2D eigenvalue weighted by atomic mass is 10.2. The van der Waals surface area contributed by atoms with Gasteiger partial charge in [0.1, 0.15) is 11.0 Å². The van der Waals surface area contributed by atoms with Crippen LogP contribution in [0.3, 0.4) is 0 Å². The number of benzene rings is 1. The third-order valence-corrected chi connectivity index (χ3v) is 3.77. The molecular weight excluding hydrogens is 306 g/mol. The van der Waals surface area contributed by atoms with E-state index in [1.54, 1.807) is 0 Å². The molecule has 0 aromatic heterocycles. The highest BCUT2D eigenvalue weighted by Gasteiger charge is 2.32. The number of amidine groups is 1. The Labute approximate surface area is 131 Å². The van der Waals surface area contributed by atoms with E-state index in [0.29, 0.717) is 17.5 Å². The van der Waals surface area contributed by atoms with Gasteiger partial charge in [0.25, 0.3) is 0 Å². The molecule has 0 aliphatic carbocycles. The number of nitrogens with zero attached hydrogens (tertiary/aromatic N) is 2. The maximum atomic E-state index is 11.5. The lowest BCUT2D eigenvalue weighted by molar-refractivity contribution is -0.138. The van der Waals surface area contributed by atoms with Crippen LogP contribution >= 0.6 is 11.8 Å². The molecule has 2 N–H and O–H groups in total. The van der Waals surface area contributed by atoms with Crippen molar-refractivity contribution in [1.82, 2.24) is 5.32 Å².